The van der Waals surface area contributed by atoms with Gasteiger partial charge in [-0.2, -0.15) is 0 Å². The van der Waals surface area contributed by atoms with E-state index in [0.717, 1.165) is 0 Å². The Labute approximate surface area is 94.9 Å². The predicted octanol–water partition coefficient (Wildman–Crippen LogP) is 1.04. The maximum atomic E-state index is 11.2. The topological polar surface area (TPSA) is 78.0 Å². The molecule has 0 aromatic carbocycles. The van der Waals surface area contributed by atoms with Crippen molar-refractivity contribution in [1.82, 2.24) is 9.97 Å². The Hall–Kier alpha value is -1.36. The first-order valence-corrected chi connectivity index (χ1v) is 5.53. The van der Waals surface area contributed by atoms with Crippen molar-refractivity contribution in [1.29, 1.82) is 0 Å². The number of nitrogens with zero attached hydrogens (tertiary/aromatic N) is 1. The predicted molar refractivity (Wildman–Crippen MR) is 63.6 cm³/mol. The van der Waals surface area contributed by atoms with Crippen LogP contribution in [0.5, 0.6) is 0 Å². The number of hydrogen-bond acceptors (Lipinski definition) is 4. The maximum Gasteiger partial charge on any atom is 0.252 e. The number of anilines is 1. The molecular weight excluding hydrogens is 206 g/mol. The molecule has 0 spiro atoms. The van der Waals surface area contributed by atoms with Gasteiger partial charge in [0.1, 0.15) is 11.6 Å². The number of H-pyrrole nitrogens is 1. The van der Waals surface area contributed by atoms with Gasteiger partial charge < -0.3 is 15.4 Å². The minimum absolute atomic E-state index is 0.188. The Morgan fingerprint density at radius 2 is 2.12 bits per heavy atom. The lowest BCUT2D eigenvalue weighted by Crippen LogP contribution is -2.35. The van der Waals surface area contributed by atoms with E-state index in [1.807, 2.05) is 13.8 Å². The van der Waals surface area contributed by atoms with Crippen molar-refractivity contribution >= 4 is 5.82 Å². The number of aryl methyl sites for hydroxylation is 1. The van der Waals surface area contributed by atoms with Crippen molar-refractivity contribution < 1.29 is 5.11 Å². The number of nitrogens with one attached hydrogen (secondary N) is 2. The second-order valence-corrected chi connectivity index (χ2v) is 4.00. The van der Waals surface area contributed by atoms with Crippen molar-refractivity contribution in [2.45, 2.75) is 39.2 Å². The molecule has 0 unspecified atom stereocenters. The molecule has 0 fully saturated rings. The Bertz CT molecular complexity index is 396. The summed E-state index contributed by atoms with van der Waals surface area (Å²) >= 11 is 0. The first-order valence-electron chi connectivity index (χ1n) is 5.53. The second-order valence-electron chi connectivity index (χ2n) is 4.00. The fourth-order valence-electron chi connectivity index (χ4n) is 1.43. The average molecular weight is 225 g/mol. The highest BCUT2D eigenvalue weighted by Gasteiger charge is 2.21. The molecule has 0 bridgehead atoms. The van der Waals surface area contributed by atoms with E-state index in [1.165, 1.54) is 6.07 Å². The van der Waals surface area contributed by atoms with Crippen LogP contribution in [-0.4, -0.2) is 27.2 Å². The molecule has 1 aromatic heterocycles. The van der Waals surface area contributed by atoms with Crippen LogP contribution in [0.4, 0.5) is 5.82 Å². The van der Waals surface area contributed by atoms with E-state index < -0.39 is 5.60 Å². The molecule has 0 aliphatic rings. The van der Waals surface area contributed by atoms with Crippen LogP contribution < -0.4 is 10.9 Å². The highest BCUT2D eigenvalue weighted by atomic mass is 16.3. The number of aromatic amines is 1. The highest BCUT2D eigenvalue weighted by molar-refractivity contribution is 5.33. The van der Waals surface area contributed by atoms with E-state index >= 15 is 0 Å². The molecule has 0 aliphatic heterocycles. The maximum absolute atomic E-state index is 11.2. The lowest BCUT2D eigenvalue weighted by atomic mass is 9.98. The summed E-state index contributed by atoms with van der Waals surface area (Å²) in [5.41, 5.74) is -0.926. The van der Waals surface area contributed by atoms with Crippen LogP contribution in [0, 0.1) is 6.92 Å². The summed E-state index contributed by atoms with van der Waals surface area (Å²) in [6.07, 6.45) is 1.33. The van der Waals surface area contributed by atoms with Gasteiger partial charge in [-0.05, 0) is 19.8 Å². The summed E-state index contributed by atoms with van der Waals surface area (Å²) in [5.74, 6) is 1.06. The van der Waals surface area contributed by atoms with Gasteiger partial charge in [0, 0.05) is 12.6 Å². The normalized spacial score (nSPS) is 11.5. The van der Waals surface area contributed by atoms with E-state index in [9.17, 15) is 9.90 Å². The molecule has 1 rings (SSSR count). The van der Waals surface area contributed by atoms with E-state index in [1.54, 1.807) is 6.92 Å². The summed E-state index contributed by atoms with van der Waals surface area (Å²) in [7, 11) is 0. The Morgan fingerprint density at radius 1 is 1.50 bits per heavy atom. The van der Waals surface area contributed by atoms with Crippen LogP contribution in [0.2, 0.25) is 0 Å². The van der Waals surface area contributed by atoms with Gasteiger partial charge in [-0.15, -0.1) is 0 Å². The summed E-state index contributed by atoms with van der Waals surface area (Å²) < 4.78 is 0. The molecule has 0 aliphatic carbocycles. The molecule has 90 valence electrons. The standard InChI is InChI=1S/C11H19N3O2/c1-4-11(16,5-2)7-12-9-6-10(15)14-8(3)13-9/h6,16H,4-5,7H2,1-3H3,(H2,12,13,14,15). The van der Waals surface area contributed by atoms with Gasteiger partial charge in [0.15, 0.2) is 0 Å². The van der Waals surface area contributed by atoms with Crippen LogP contribution in [0.3, 0.4) is 0 Å². The van der Waals surface area contributed by atoms with Crippen molar-refractivity contribution in [3.05, 3.63) is 22.2 Å². The summed E-state index contributed by atoms with van der Waals surface area (Å²) in [6.45, 7) is 5.98. The van der Waals surface area contributed by atoms with Crippen molar-refractivity contribution in [3.8, 4) is 0 Å². The van der Waals surface area contributed by atoms with Crippen molar-refractivity contribution in [2.24, 2.45) is 0 Å². The molecule has 3 N–H and O–H groups in total. The van der Waals surface area contributed by atoms with Crippen LogP contribution in [0.1, 0.15) is 32.5 Å². The minimum atomic E-state index is -0.738. The van der Waals surface area contributed by atoms with Gasteiger partial charge in [-0.25, -0.2) is 4.98 Å². The van der Waals surface area contributed by atoms with Gasteiger partial charge in [0.2, 0.25) is 0 Å². The van der Waals surface area contributed by atoms with Crippen LogP contribution in [-0.2, 0) is 0 Å². The average Bonchev–Trinajstić information content (AvgIpc) is 2.25. The fourth-order valence-corrected chi connectivity index (χ4v) is 1.43. The van der Waals surface area contributed by atoms with Gasteiger partial charge in [0.25, 0.3) is 5.56 Å². The molecule has 0 saturated carbocycles. The number of aliphatic hydroxyl groups is 1. The third kappa shape index (κ3) is 3.34. The van der Waals surface area contributed by atoms with Gasteiger partial charge in [0.05, 0.1) is 5.60 Å². The second kappa shape index (κ2) is 5.12. The third-order valence-electron chi connectivity index (χ3n) is 2.77. The zero-order chi connectivity index (χ0) is 12.2. The fraction of sp³-hybridized carbons (Fsp3) is 0.636. The first-order chi connectivity index (χ1) is 7.49. The molecule has 16 heavy (non-hydrogen) atoms. The van der Waals surface area contributed by atoms with E-state index in [-0.39, 0.29) is 5.56 Å². The lowest BCUT2D eigenvalue weighted by Gasteiger charge is -2.25. The van der Waals surface area contributed by atoms with E-state index in [4.69, 9.17) is 0 Å². The van der Waals surface area contributed by atoms with Crippen LogP contribution in [0.25, 0.3) is 0 Å². The molecule has 0 radical (unpaired) electrons. The quantitative estimate of drug-likeness (QED) is 0.699. The minimum Gasteiger partial charge on any atom is -0.388 e. The number of hydrogen-bond donors (Lipinski definition) is 3. The molecular formula is C11H19N3O2. The first kappa shape index (κ1) is 12.7. The zero-order valence-corrected chi connectivity index (χ0v) is 10.0. The summed E-state index contributed by atoms with van der Waals surface area (Å²) in [6, 6.07) is 1.39. The van der Waals surface area contributed by atoms with Gasteiger partial charge >= 0.3 is 0 Å². The monoisotopic (exact) mass is 225 g/mol. The van der Waals surface area contributed by atoms with Gasteiger partial charge in [-0.1, -0.05) is 13.8 Å². The Morgan fingerprint density at radius 3 is 2.62 bits per heavy atom. The largest absolute Gasteiger partial charge is 0.388 e. The summed E-state index contributed by atoms with van der Waals surface area (Å²) in [5, 5.41) is 13.0. The van der Waals surface area contributed by atoms with Crippen LogP contribution >= 0.6 is 0 Å². The molecule has 1 aromatic rings. The molecule has 0 atom stereocenters. The number of aromatic nitrogens is 2. The smallest absolute Gasteiger partial charge is 0.252 e. The molecule has 1 heterocycles. The SMILES string of the molecule is CCC(O)(CC)CNc1cc(=O)[nH]c(C)n1. The molecule has 0 amide bonds. The molecule has 0 saturated heterocycles. The van der Waals surface area contributed by atoms with Crippen molar-refractivity contribution in [3.63, 3.8) is 0 Å². The number of rotatable bonds is 5. The van der Waals surface area contributed by atoms with Gasteiger partial charge in [-0.3, -0.25) is 4.79 Å². The molecule has 5 heteroatoms. The van der Waals surface area contributed by atoms with E-state index in [0.29, 0.717) is 31.0 Å². The Kier molecular flexibility index (Phi) is 4.06. The van der Waals surface area contributed by atoms with Crippen LogP contribution in [0.15, 0.2) is 10.9 Å². The van der Waals surface area contributed by atoms with E-state index in [2.05, 4.69) is 15.3 Å². The van der Waals surface area contributed by atoms with Crippen molar-refractivity contribution in [2.75, 3.05) is 11.9 Å². The zero-order valence-electron chi connectivity index (χ0n) is 10.0. The lowest BCUT2D eigenvalue weighted by molar-refractivity contribution is 0.0456. The Balaban J connectivity index is 2.71. The third-order valence-corrected chi connectivity index (χ3v) is 2.77. The summed E-state index contributed by atoms with van der Waals surface area (Å²) in [4.78, 5) is 17.9. The highest BCUT2D eigenvalue weighted by Crippen LogP contribution is 2.14. The molecule has 5 nitrogen and oxygen atoms in total.